The Kier molecular flexibility index (Phi) is 5.23. The molecule has 0 spiro atoms. The fourth-order valence-electron chi connectivity index (χ4n) is 3.12. The monoisotopic (exact) mass is 396 g/mol. The molecule has 8 heteroatoms. The maximum atomic E-state index is 12.8. The second-order valence-electron chi connectivity index (χ2n) is 6.44. The summed E-state index contributed by atoms with van der Waals surface area (Å²) in [5.74, 6) is -0.535. The summed E-state index contributed by atoms with van der Waals surface area (Å²) in [6.45, 7) is 5.00. The lowest BCUT2D eigenvalue weighted by atomic mass is 10.1. The van der Waals surface area contributed by atoms with E-state index in [4.69, 9.17) is 4.42 Å². The molecule has 0 saturated carbocycles. The number of benzene rings is 1. The van der Waals surface area contributed by atoms with Crippen molar-refractivity contribution in [3.05, 3.63) is 64.6 Å². The molecule has 3 aromatic rings. The molecule has 0 atom stereocenters. The van der Waals surface area contributed by atoms with Gasteiger partial charge in [0.1, 0.15) is 0 Å². The van der Waals surface area contributed by atoms with Crippen LogP contribution in [0.4, 0.5) is 10.8 Å². The van der Waals surface area contributed by atoms with E-state index in [9.17, 15) is 9.59 Å². The summed E-state index contributed by atoms with van der Waals surface area (Å²) in [4.78, 5) is 33.2. The van der Waals surface area contributed by atoms with E-state index in [1.54, 1.807) is 36.4 Å². The maximum Gasteiger partial charge on any atom is 0.291 e. The highest BCUT2D eigenvalue weighted by Crippen LogP contribution is 2.29. The molecule has 0 unspecified atom stereocenters. The van der Waals surface area contributed by atoms with Gasteiger partial charge in [0.2, 0.25) is 0 Å². The summed E-state index contributed by atoms with van der Waals surface area (Å²) in [5, 5.41) is 6.18. The van der Waals surface area contributed by atoms with Crippen LogP contribution in [0.5, 0.6) is 0 Å². The number of thiazole rings is 1. The van der Waals surface area contributed by atoms with Gasteiger partial charge in [-0.2, -0.15) is 0 Å². The zero-order valence-corrected chi connectivity index (χ0v) is 16.2. The highest BCUT2D eigenvalue weighted by molar-refractivity contribution is 7.15. The number of nitrogens with zero attached hydrogens (tertiary/aromatic N) is 2. The Bertz CT molecular complexity index is 997. The number of hydrogen-bond donors (Lipinski definition) is 2. The SMILES string of the molecule is CCN1CCc2nc(NC(=O)c3ccccc3NC(=O)c3ccco3)sc2C1. The summed E-state index contributed by atoms with van der Waals surface area (Å²) in [5.41, 5.74) is 1.84. The molecule has 1 aliphatic rings. The van der Waals surface area contributed by atoms with Gasteiger partial charge in [0.25, 0.3) is 11.8 Å². The summed E-state index contributed by atoms with van der Waals surface area (Å²) >= 11 is 1.51. The second kappa shape index (κ2) is 7.95. The summed E-state index contributed by atoms with van der Waals surface area (Å²) < 4.78 is 5.10. The molecule has 28 heavy (non-hydrogen) atoms. The fourth-order valence-corrected chi connectivity index (χ4v) is 4.16. The Hall–Kier alpha value is -2.97. The first-order chi connectivity index (χ1) is 13.6. The van der Waals surface area contributed by atoms with Gasteiger partial charge in [0.15, 0.2) is 10.9 Å². The average Bonchev–Trinajstić information content (AvgIpc) is 3.37. The molecule has 0 radical (unpaired) electrons. The Balaban J connectivity index is 1.50. The van der Waals surface area contributed by atoms with Crippen molar-refractivity contribution in [3.8, 4) is 0 Å². The number of fused-ring (bicyclic) bond motifs is 1. The number of para-hydroxylation sites is 1. The number of carbonyl (C=O) groups is 2. The second-order valence-corrected chi connectivity index (χ2v) is 7.52. The van der Waals surface area contributed by atoms with Gasteiger partial charge < -0.3 is 9.73 Å². The van der Waals surface area contributed by atoms with Gasteiger partial charge in [-0.1, -0.05) is 19.1 Å². The van der Waals surface area contributed by atoms with Crippen LogP contribution in [-0.2, 0) is 13.0 Å². The normalized spacial score (nSPS) is 13.8. The molecule has 144 valence electrons. The fraction of sp³-hybridized carbons (Fsp3) is 0.250. The summed E-state index contributed by atoms with van der Waals surface area (Å²) in [7, 11) is 0. The Morgan fingerprint density at radius 1 is 1.18 bits per heavy atom. The molecule has 3 heterocycles. The predicted octanol–water partition coefficient (Wildman–Crippen LogP) is 3.62. The zero-order valence-electron chi connectivity index (χ0n) is 15.4. The van der Waals surface area contributed by atoms with Crippen LogP contribution < -0.4 is 10.6 Å². The van der Waals surface area contributed by atoms with Crippen LogP contribution in [0.15, 0.2) is 47.1 Å². The van der Waals surface area contributed by atoms with Gasteiger partial charge in [-0.05, 0) is 30.8 Å². The van der Waals surface area contributed by atoms with E-state index in [0.717, 1.165) is 31.7 Å². The number of aromatic nitrogens is 1. The molecule has 0 saturated heterocycles. The summed E-state index contributed by atoms with van der Waals surface area (Å²) in [6, 6.07) is 10.1. The number of anilines is 2. The number of hydrogen-bond acceptors (Lipinski definition) is 6. The lowest BCUT2D eigenvalue weighted by Gasteiger charge is -2.23. The van der Waals surface area contributed by atoms with Crippen molar-refractivity contribution in [3.63, 3.8) is 0 Å². The first-order valence-electron chi connectivity index (χ1n) is 9.10. The minimum absolute atomic E-state index is 0.184. The van der Waals surface area contributed by atoms with Crippen LogP contribution in [0.3, 0.4) is 0 Å². The third-order valence-corrected chi connectivity index (χ3v) is 5.64. The van der Waals surface area contributed by atoms with Crippen molar-refractivity contribution in [2.75, 3.05) is 23.7 Å². The Morgan fingerprint density at radius 3 is 2.82 bits per heavy atom. The van der Waals surface area contributed by atoms with Crippen LogP contribution in [-0.4, -0.2) is 34.8 Å². The van der Waals surface area contributed by atoms with Crippen LogP contribution in [0.25, 0.3) is 0 Å². The van der Waals surface area contributed by atoms with Crippen molar-refractivity contribution in [2.24, 2.45) is 0 Å². The average molecular weight is 396 g/mol. The van der Waals surface area contributed by atoms with Crippen molar-refractivity contribution in [2.45, 2.75) is 19.9 Å². The van der Waals surface area contributed by atoms with Crippen LogP contribution >= 0.6 is 11.3 Å². The van der Waals surface area contributed by atoms with E-state index in [1.165, 1.54) is 22.5 Å². The van der Waals surface area contributed by atoms with E-state index in [-0.39, 0.29) is 11.7 Å². The van der Waals surface area contributed by atoms with Gasteiger partial charge in [0, 0.05) is 24.4 Å². The molecular formula is C20H20N4O3S. The molecule has 7 nitrogen and oxygen atoms in total. The van der Waals surface area contributed by atoms with Gasteiger partial charge in [0.05, 0.1) is 23.2 Å². The van der Waals surface area contributed by atoms with Crippen LogP contribution in [0.2, 0.25) is 0 Å². The van der Waals surface area contributed by atoms with E-state index in [1.807, 2.05) is 0 Å². The smallest absolute Gasteiger partial charge is 0.291 e. The molecule has 1 aromatic carbocycles. The minimum Gasteiger partial charge on any atom is -0.459 e. The van der Waals surface area contributed by atoms with Gasteiger partial charge in [-0.15, -0.1) is 11.3 Å². The standard InChI is InChI=1S/C20H20N4O3S/c1-2-24-10-9-15-17(12-24)28-20(22-15)23-18(25)13-6-3-4-7-14(13)21-19(26)16-8-5-11-27-16/h3-8,11H,2,9-10,12H2,1H3,(H,21,26)(H,22,23,25). The van der Waals surface area contributed by atoms with Crippen molar-refractivity contribution in [1.82, 2.24) is 9.88 Å². The molecule has 4 rings (SSSR count). The first-order valence-corrected chi connectivity index (χ1v) is 9.92. The first kappa shape index (κ1) is 18.4. The highest BCUT2D eigenvalue weighted by atomic mass is 32.1. The molecule has 1 aliphatic heterocycles. The van der Waals surface area contributed by atoms with E-state index in [2.05, 4.69) is 27.4 Å². The Morgan fingerprint density at radius 2 is 2.04 bits per heavy atom. The lowest BCUT2D eigenvalue weighted by molar-refractivity contribution is 0.0996. The van der Waals surface area contributed by atoms with Gasteiger partial charge in [-0.25, -0.2) is 4.98 Å². The van der Waals surface area contributed by atoms with Crippen LogP contribution in [0.1, 0.15) is 38.4 Å². The van der Waals surface area contributed by atoms with Crippen molar-refractivity contribution < 1.29 is 14.0 Å². The van der Waals surface area contributed by atoms with E-state index in [0.29, 0.717) is 16.4 Å². The number of likely N-dealkylation sites (N-methyl/N-ethyl adjacent to an activating group) is 1. The van der Waals surface area contributed by atoms with E-state index >= 15 is 0 Å². The highest BCUT2D eigenvalue weighted by Gasteiger charge is 2.21. The van der Waals surface area contributed by atoms with Crippen LogP contribution in [0, 0.1) is 0 Å². The van der Waals surface area contributed by atoms with Gasteiger partial charge in [-0.3, -0.25) is 19.8 Å². The molecule has 0 fully saturated rings. The topological polar surface area (TPSA) is 87.5 Å². The molecule has 2 amide bonds. The number of furan rings is 1. The van der Waals surface area contributed by atoms with Gasteiger partial charge >= 0.3 is 0 Å². The number of nitrogens with one attached hydrogen (secondary N) is 2. The lowest BCUT2D eigenvalue weighted by Crippen LogP contribution is -2.29. The zero-order chi connectivity index (χ0) is 19.5. The third-order valence-electron chi connectivity index (χ3n) is 4.64. The van der Waals surface area contributed by atoms with E-state index < -0.39 is 5.91 Å². The summed E-state index contributed by atoms with van der Waals surface area (Å²) in [6.07, 6.45) is 2.32. The molecular weight excluding hydrogens is 376 g/mol. The van der Waals surface area contributed by atoms with Crippen molar-refractivity contribution >= 4 is 34.0 Å². The third kappa shape index (κ3) is 3.83. The molecule has 0 bridgehead atoms. The number of amides is 2. The molecule has 2 N–H and O–H groups in total. The van der Waals surface area contributed by atoms with Crippen molar-refractivity contribution in [1.29, 1.82) is 0 Å². The maximum absolute atomic E-state index is 12.8. The largest absolute Gasteiger partial charge is 0.459 e. The molecule has 2 aromatic heterocycles. The molecule has 0 aliphatic carbocycles. The minimum atomic E-state index is -0.408. The number of carbonyl (C=O) groups excluding carboxylic acids is 2. The number of rotatable bonds is 5. The Labute approximate surface area is 166 Å². The quantitative estimate of drug-likeness (QED) is 0.688. The predicted molar refractivity (Wildman–Crippen MR) is 108 cm³/mol.